The van der Waals surface area contributed by atoms with Gasteiger partial charge in [0.2, 0.25) is 0 Å². The van der Waals surface area contributed by atoms with Crippen LogP contribution in [-0.2, 0) is 7.05 Å². The number of aromatic nitrogens is 2. The monoisotopic (exact) mass is 512 g/mol. The van der Waals surface area contributed by atoms with Gasteiger partial charge in [-0.15, -0.1) is 24.0 Å². The van der Waals surface area contributed by atoms with Crippen LogP contribution in [-0.4, -0.2) is 73.4 Å². The van der Waals surface area contributed by atoms with Gasteiger partial charge in [-0.3, -0.25) is 9.67 Å². The van der Waals surface area contributed by atoms with E-state index in [1.54, 1.807) is 7.11 Å². The molecule has 1 fully saturated rings. The molecule has 7 nitrogen and oxygen atoms in total. The molecule has 0 bridgehead atoms. The Balaban J connectivity index is 0.00000300. The summed E-state index contributed by atoms with van der Waals surface area (Å²) in [5, 5.41) is 7.88. The molecule has 1 aliphatic heterocycles. The molecule has 2 unspecified atom stereocenters. The summed E-state index contributed by atoms with van der Waals surface area (Å²) in [5.74, 6) is 2.39. The molecular formula is C21H33IN6O. The first-order chi connectivity index (χ1) is 13.5. The Bertz CT molecular complexity index is 789. The zero-order chi connectivity index (χ0) is 20.1. The first-order valence-corrected chi connectivity index (χ1v) is 9.76. The van der Waals surface area contributed by atoms with E-state index in [0.717, 1.165) is 37.8 Å². The molecule has 1 aromatic carbocycles. The fraction of sp³-hybridized carbons (Fsp3) is 0.524. The lowest BCUT2D eigenvalue weighted by Crippen LogP contribution is -2.43. The molecule has 0 saturated carbocycles. The van der Waals surface area contributed by atoms with Crippen LogP contribution in [0.5, 0.6) is 5.75 Å². The number of aliphatic imine (C=N–C) groups is 1. The van der Waals surface area contributed by atoms with E-state index in [-0.39, 0.29) is 30.0 Å². The van der Waals surface area contributed by atoms with Gasteiger partial charge in [0.1, 0.15) is 5.75 Å². The summed E-state index contributed by atoms with van der Waals surface area (Å²) in [6, 6.07) is 8.67. The molecule has 8 heteroatoms. The van der Waals surface area contributed by atoms with Crippen molar-refractivity contribution in [3.63, 3.8) is 0 Å². The number of nitrogens with zero attached hydrogens (tertiary/aromatic N) is 5. The van der Waals surface area contributed by atoms with Gasteiger partial charge < -0.3 is 19.9 Å². The third kappa shape index (κ3) is 5.85. The van der Waals surface area contributed by atoms with E-state index in [4.69, 9.17) is 4.74 Å². The largest absolute Gasteiger partial charge is 0.497 e. The highest BCUT2D eigenvalue weighted by Gasteiger charge is 2.27. The van der Waals surface area contributed by atoms with Gasteiger partial charge >= 0.3 is 0 Å². The molecule has 0 aliphatic carbocycles. The Hall–Kier alpha value is -1.81. The van der Waals surface area contributed by atoms with Crippen LogP contribution in [0.2, 0.25) is 0 Å². The highest BCUT2D eigenvalue weighted by molar-refractivity contribution is 14.0. The van der Waals surface area contributed by atoms with Gasteiger partial charge in [-0.25, -0.2) is 0 Å². The van der Waals surface area contributed by atoms with E-state index in [9.17, 15) is 0 Å². The molecule has 1 saturated heterocycles. The fourth-order valence-corrected chi connectivity index (χ4v) is 3.83. The van der Waals surface area contributed by atoms with Crippen molar-refractivity contribution in [3.8, 4) is 5.75 Å². The SMILES string of the molecule is CN=C(NCC(c1cnn(C)c1)N(C)C)N1CCC(c2ccc(OC)cc2)C1.I. The maximum atomic E-state index is 5.27. The molecule has 2 atom stereocenters. The molecule has 3 rings (SSSR count). The molecule has 1 aliphatic rings. The number of likely N-dealkylation sites (tertiary alicyclic amines) is 1. The average Bonchev–Trinajstić information content (AvgIpc) is 3.34. The summed E-state index contributed by atoms with van der Waals surface area (Å²) in [5.41, 5.74) is 2.56. The minimum Gasteiger partial charge on any atom is -0.497 e. The van der Waals surface area contributed by atoms with E-state index < -0.39 is 0 Å². The van der Waals surface area contributed by atoms with Crippen molar-refractivity contribution < 1.29 is 4.74 Å². The second kappa shape index (κ2) is 10.8. The summed E-state index contributed by atoms with van der Waals surface area (Å²) in [6.07, 6.45) is 5.14. The number of hydrogen-bond acceptors (Lipinski definition) is 4. The molecule has 0 spiro atoms. The molecule has 29 heavy (non-hydrogen) atoms. The highest BCUT2D eigenvalue weighted by Crippen LogP contribution is 2.28. The quantitative estimate of drug-likeness (QED) is 0.367. The van der Waals surface area contributed by atoms with Crippen LogP contribution in [0, 0.1) is 0 Å². The third-order valence-electron chi connectivity index (χ3n) is 5.47. The van der Waals surface area contributed by atoms with Crippen LogP contribution in [0.1, 0.15) is 29.5 Å². The zero-order valence-corrected chi connectivity index (χ0v) is 20.3. The number of methoxy groups -OCH3 is 1. The van der Waals surface area contributed by atoms with Gasteiger partial charge in [0, 0.05) is 51.4 Å². The summed E-state index contributed by atoms with van der Waals surface area (Å²) in [6.45, 7) is 2.77. The first kappa shape index (κ1) is 23.5. The Labute approximate surface area is 191 Å². The number of halogens is 1. The lowest BCUT2D eigenvalue weighted by atomic mass is 9.98. The standard InChI is InChI=1S/C21H32N6O.HI/c1-22-21(23-13-20(25(2)3)18-12-24-26(4)14-18)27-11-10-17(15-27)16-6-8-19(28-5)9-7-16;/h6-9,12,14,17,20H,10-11,13,15H2,1-5H3,(H,22,23);1H. The van der Waals surface area contributed by atoms with E-state index in [1.165, 1.54) is 11.1 Å². The Morgan fingerprint density at radius 3 is 2.62 bits per heavy atom. The van der Waals surface area contributed by atoms with Gasteiger partial charge in [0.25, 0.3) is 0 Å². The van der Waals surface area contributed by atoms with Gasteiger partial charge in [-0.1, -0.05) is 12.1 Å². The molecule has 2 heterocycles. The Morgan fingerprint density at radius 1 is 1.34 bits per heavy atom. The van der Waals surface area contributed by atoms with Crippen molar-refractivity contribution in [1.29, 1.82) is 0 Å². The fourth-order valence-electron chi connectivity index (χ4n) is 3.83. The van der Waals surface area contributed by atoms with E-state index >= 15 is 0 Å². The number of nitrogens with one attached hydrogen (secondary N) is 1. The van der Waals surface area contributed by atoms with Crippen molar-refractivity contribution in [3.05, 3.63) is 47.8 Å². The second-order valence-electron chi connectivity index (χ2n) is 7.56. The molecule has 0 amide bonds. The smallest absolute Gasteiger partial charge is 0.193 e. The van der Waals surface area contributed by atoms with Gasteiger partial charge in [0.15, 0.2) is 5.96 Å². The number of ether oxygens (including phenoxy) is 1. The summed E-state index contributed by atoms with van der Waals surface area (Å²) in [4.78, 5) is 9.09. The molecule has 1 N–H and O–H groups in total. The first-order valence-electron chi connectivity index (χ1n) is 9.76. The number of rotatable bonds is 6. The van der Waals surface area contributed by atoms with Crippen LogP contribution < -0.4 is 10.1 Å². The Morgan fingerprint density at radius 2 is 2.07 bits per heavy atom. The number of aryl methyl sites for hydroxylation is 1. The molecule has 160 valence electrons. The van der Waals surface area contributed by atoms with Gasteiger partial charge in [-0.05, 0) is 38.2 Å². The maximum absolute atomic E-state index is 5.27. The third-order valence-corrected chi connectivity index (χ3v) is 5.47. The topological polar surface area (TPSA) is 57.9 Å². The molecule has 0 radical (unpaired) electrons. The van der Waals surface area contributed by atoms with Gasteiger partial charge in [0.05, 0.1) is 19.3 Å². The van der Waals surface area contributed by atoms with Crippen LogP contribution in [0.25, 0.3) is 0 Å². The van der Waals surface area contributed by atoms with Crippen LogP contribution in [0.4, 0.5) is 0 Å². The average molecular weight is 512 g/mol. The minimum absolute atomic E-state index is 0. The van der Waals surface area contributed by atoms with Crippen molar-refractivity contribution in [2.75, 3.05) is 47.9 Å². The maximum Gasteiger partial charge on any atom is 0.193 e. The predicted molar refractivity (Wildman–Crippen MR) is 128 cm³/mol. The predicted octanol–water partition coefficient (Wildman–Crippen LogP) is 2.71. The van der Waals surface area contributed by atoms with E-state index in [2.05, 4.69) is 57.6 Å². The molecule has 1 aromatic heterocycles. The van der Waals surface area contributed by atoms with Crippen molar-refractivity contribution in [2.45, 2.75) is 18.4 Å². The highest BCUT2D eigenvalue weighted by atomic mass is 127. The zero-order valence-electron chi connectivity index (χ0n) is 18.0. The number of benzene rings is 1. The summed E-state index contributed by atoms with van der Waals surface area (Å²) < 4.78 is 7.12. The van der Waals surface area contributed by atoms with Gasteiger partial charge in [-0.2, -0.15) is 5.10 Å². The number of likely N-dealkylation sites (N-methyl/N-ethyl adjacent to an activating group) is 1. The molecule has 2 aromatic rings. The summed E-state index contributed by atoms with van der Waals surface area (Å²) in [7, 11) is 9.70. The second-order valence-corrected chi connectivity index (χ2v) is 7.56. The van der Waals surface area contributed by atoms with E-state index in [0.29, 0.717) is 5.92 Å². The lowest BCUT2D eigenvalue weighted by Gasteiger charge is -2.27. The van der Waals surface area contributed by atoms with Crippen LogP contribution in [0.15, 0.2) is 41.7 Å². The van der Waals surface area contributed by atoms with Crippen LogP contribution in [0.3, 0.4) is 0 Å². The minimum atomic E-state index is 0. The van der Waals surface area contributed by atoms with Crippen LogP contribution >= 0.6 is 24.0 Å². The van der Waals surface area contributed by atoms with Crippen molar-refractivity contribution in [2.24, 2.45) is 12.0 Å². The number of guanidine groups is 1. The van der Waals surface area contributed by atoms with Crippen molar-refractivity contribution in [1.82, 2.24) is 24.9 Å². The van der Waals surface area contributed by atoms with Crippen molar-refractivity contribution >= 4 is 29.9 Å². The number of hydrogen-bond donors (Lipinski definition) is 1. The molecular weight excluding hydrogens is 479 g/mol. The van der Waals surface area contributed by atoms with E-state index in [1.807, 2.05) is 37.1 Å². The summed E-state index contributed by atoms with van der Waals surface area (Å²) >= 11 is 0. The normalized spacial score (nSPS) is 17.9. The Kier molecular flexibility index (Phi) is 8.76. The lowest BCUT2D eigenvalue weighted by molar-refractivity contribution is 0.295.